The first-order valence-corrected chi connectivity index (χ1v) is 5.34. The molecular weight excluding hydrogens is 236 g/mol. The van der Waals surface area contributed by atoms with Crippen molar-refractivity contribution in [2.45, 2.75) is 5.92 Å². The molecule has 1 aromatic carbocycles. The number of primary amides is 1. The lowest BCUT2D eigenvalue weighted by Crippen LogP contribution is -2.29. The van der Waals surface area contributed by atoms with Gasteiger partial charge in [0.05, 0.1) is 18.6 Å². The summed E-state index contributed by atoms with van der Waals surface area (Å²) in [6.45, 7) is 0.307. The predicted octanol–water partition coefficient (Wildman–Crippen LogP) is 0.0367. The van der Waals surface area contributed by atoms with Gasteiger partial charge in [-0.3, -0.25) is 9.59 Å². The molecule has 2 rings (SSSR count). The minimum absolute atomic E-state index is 0.307. The van der Waals surface area contributed by atoms with Crippen molar-refractivity contribution in [2.24, 2.45) is 5.73 Å². The SMILES string of the molecule is COC(=O)c1ccc2c(c1)NCC2C(=O)C(N)=O. The first-order chi connectivity index (χ1) is 8.54. The van der Waals surface area contributed by atoms with E-state index in [0.717, 1.165) is 0 Å². The van der Waals surface area contributed by atoms with Gasteiger partial charge >= 0.3 is 5.97 Å². The summed E-state index contributed by atoms with van der Waals surface area (Å²) in [6.07, 6.45) is 0. The van der Waals surface area contributed by atoms with Crippen LogP contribution in [-0.2, 0) is 14.3 Å². The predicted molar refractivity (Wildman–Crippen MR) is 63.2 cm³/mol. The number of benzene rings is 1. The summed E-state index contributed by atoms with van der Waals surface area (Å²) < 4.78 is 4.60. The van der Waals surface area contributed by atoms with Crippen molar-refractivity contribution in [1.82, 2.24) is 0 Å². The summed E-state index contributed by atoms with van der Waals surface area (Å²) in [6, 6.07) is 4.78. The molecule has 0 saturated carbocycles. The molecule has 1 heterocycles. The van der Waals surface area contributed by atoms with Gasteiger partial charge in [-0.15, -0.1) is 0 Å². The van der Waals surface area contributed by atoms with Crippen LogP contribution in [0.3, 0.4) is 0 Å². The zero-order chi connectivity index (χ0) is 13.3. The number of esters is 1. The van der Waals surface area contributed by atoms with Gasteiger partial charge in [0.1, 0.15) is 0 Å². The number of ketones is 1. The maximum absolute atomic E-state index is 11.6. The van der Waals surface area contributed by atoms with E-state index in [4.69, 9.17) is 5.73 Å². The number of hydrogen-bond acceptors (Lipinski definition) is 5. The van der Waals surface area contributed by atoms with Crippen LogP contribution in [-0.4, -0.2) is 31.3 Å². The molecule has 0 radical (unpaired) electrons. The molecule has 1 atom stereocenters. The van der Waals surface area contributed by atoms with Gasteiger partial charge in [-0.05, 0) is 17.7 Å². The Kier molecular flexibility index (Phi) is 3.01. The van der Waals surface area contributed by atoms with E-state index < -0.39 is 23.6 Å². The van der Waals surface area contributed by atoms with E-state index in [0.29, 0.717) is 23.4 Å². The van der Waals surface area contributed by atoms with Gasteiger partial charge in [0.2, 0.25) is 5.78 Å². The number of carbonyl (C=O) groups is 3. The first-order valence-electron chi connectivity index (χ1n) is 5.34. The molecule has 1 aliphatic rings. The number of ether oxygens (including phenoxy) is 1. The highest BCUT2D eigenvalue weighted by molar-refractivity contribution is 6.38. The van der Waals surface area contributed by atoms with E-state index in [9.17, 15) is 14.4 Å². The fourth-order valence-electron chi connectivity index (χ4n) is 1.99. The Labute approximate surface area is 103 Å². The summed E-state index contributed by atoms with van der Waals surface area (Å²) in [5, 5.41) is 2.97. The Morgan fingerprint density at radius 3 is 2.72 bits per heavy atom. The molecule has 0 aromatic heterocycles. The zero-order valence-corrected chi connectivity index (χ0v) is 9.73. The Morgan fingerprint density at radius 1 is 1.39 bits per heavy atom. The second-order valence-electron chi connectivity index (χ2n) is 3.96. The van der Waals surface area contributed by atoms with E-state index in [1.165, 1.54) is 7.11 Å². The van der Waals surface area contributed by atoms with Crippen LogP contribution >= 0.6 is 0 Å². The molecule has 6 heteroatoms. The second kappa shape index (κ2) is 4.48. The largest absolute Gasteiger partial charge is 0.465 e. The molecule has 1 aromatic rings. The number of nitrogens with one attached hydrogen (secondary N) is 1. The monoisotopic (exact) mass is 248 g/mol. The van der Waals surface area contributed by atoms with E-state index in [1.807, 2.05) is 0 Å². The molecule has 18 heavy (non-hydrogen) atoms. The molecule has 94 valence electrons. The topological polar surface area (TPSA) is 98.5 Å². The molecule has 0 fully saturated rings. The van der Waals surface area contributed by atoms with Crippen molar-refractivity contribution < 1.29 is 19.1 Å². The van der Waals surface area contributed by atoms with Gasteiger partial charge in [-0.2, -0.15) is 0 Å². The number of anilines is 1. The van der Waals surface area contributed by atoms with E-state index in [2.05, 4.69) is 10.1 Å². The summed E-state index contributed by atoms with van der Waals surface area (Å²) in [7, 11) is 1.29. The number of carbonyl (C=O) groups excluding carboxylic acids is 3. The Balaban J connectivity index is 2.33. The molecular formula is C12H12N2O4. The molecule has 0 saturated heterocycles. The third-order valence-electron chi connectivity index (χ3n) is 2.91. The van der Waals surface area contributed by atoms with Gasteiger partial charge in [-0.25, -0.2) is 4.79 Å². The molecule has 0 bridgehead atoms. The van der Waals surface area contributed by atoms with Crippen molar-refractivity contribution in [3.63, 3.8) is 0 Å². The average Bonchev–Trinajstić information content (AvgIpc) is 2.79. The molecule has 0 aliphatic carbocycles. The van der Waals surface area contributed by atoms with Crippen LogP contribution in [0.2, 0.25) is 0 Å². The van der Waals surface area contributed by atoms with Crippen molar-refractivity contribution in [3.8, 4) is 0 Å². The highest BCUT2D eigenvalue weighted by atomic mass is 16.5. The van der Waals surface area contributed by atoms with Gasteiger partial charge < -0.3 is 15.8 Å². The maximum Gasteiger partial charge on any atom is 0.337 e. The summed E-state index contributed by atoms with van der Waals surface area (Å²) in [5.74, 6) is -2.62. The van der Waals surface area contributed by atoms with E-state index in [-0.39, 0.29) is 0 Å². The highest BCUT2D eigenvalue weighted by Gasteiger charge is 2.31. The number of rotatable bonds is 3. The Morgan fingerprint density at radius 2 is 2.11 bits per heavy atom. The van der Waals surface area contributed by atoms with Crippen molar-refractivity contribution in [3.05, 3.63) is 29.3 Å². The molecule has 3 N–H and O–H groups in total. The Hall–Kier alpha value is -2.37. The van der Waals surface area contributed by atoms with E-state index >= 15 is 0 Å². The number of methoxy groups -OCH3 is 1. The summed E-state index contributed by atoms with van der Waals surface area (Å²) in [4.78, 5) is 33.8. The van der Waals surface area contributed by atoms with Crippen LogP contribution in [0, 0.1) is 0 Å². The lowest BCUT2D eigenvalue weighted by atomic mass is 9.95. The highest BCUT2D eigenvalue weighted by Crippen LogP contribution is 2.32. The number of Topliss-reactive ketones (excluding diaryl/α,β-unsaturated/α-hetero) is 1. The third kappa shape index (κ3) is 1.92. The average molecular weight is 248 g/mol. The summed E-state index contributed by atoms with van der Waals surface area (Å²) in [5.41, 5.74) is 6.69. The van der Waals surface area contributed by atoms with E-state index in [1.54, 1.807) is 18.2 Å². The quantitative estimate of drug-likeness (QED) is 0.581. The minimum atomic E-state index is -0.952. The third-order valence-corrected chi connectivity index (χ3v) is 2.91. The van der Waals surface area contributed by atoms with Gasteiger partial charge in [0.25, 0.3) is 5.91 Å². The van der Waals surface area contributed by atoms with Gasteiger partial charge in [0.15, 0.2) is 0 Å². The number of amides is 1. The molecule has 1 amide bonds. The molecule has 6 nitrogen and oxygen atoms in total. The van der Waals surface area contributed by atoms with Crippen molar-refractivity contribution in [2.75, 3.05) is 19.0 Å². The molecule has 0 spiro atoms. The standard InChI is InChI=1S/C12H12N2O4/c1-18-12(17)6-2-3-7-8(10(15)11(13)16)5-14-9(7)4-6/h2-4,8,14H,5H2,1H3,(H2,13,16). The Bertz CT molecular complexity index is 539. The van der Waals surface area contributed by atoms with Crippen molar-refractivity contribution >= 4 is 23.3 Å². The molecule has 1 unspecified atom stereocenters. The second-order valence-corrected chi connectivity index (χ2v) is 3.96. The number of hydrogen-bond donors (Lipinski definition) is 2. The van der Waals surface area contributed by atoms with Crippen LogP contribution in [0.5, 0.6) is 0 Å². The number of nitrogens with two attached hydrogens (primary N) is 1. The van der Waals surface area contributed by atoms with Crippen LogP contribution in [0.4, 0.5) is 5.69 Å². The van der Waals surface area contributed by atoms with Gasteiger partial charge in [0, 0.05) is 12.2 Å². The van der Waals surface area contributed by atoms with Crippen molar-refractivity contribution in [1.29, 1.82) is 0 Å². The lowest BCUT2D eigenvalue weighted by Gasteiger charge is -2.06. The van der Waals surface area contributed by atoms with Gasteiger partial charge in [-0.1, -0.05) is 6.07 Å². The molecule has 1 aliphatic heterocycles. The number of fused-ring (bicyclic) bond motifs is 1. The zero-order valence-electron chi connectivity index (χ0n) is 9.73. The van der Waals surface area contributed by atoms with Crippen LogP contribution in [0.1, 0.15) is 21.8 Å². The van der Waals surface area contributed by atoms with Crippen LogP contribution in [0.25, 0.3) is 0 Å². The normalized spacial score (nSPS) is 16.6. The fourth-order valence-corrected chi connectivity index (χ4v) is 1.99. The smallest absolute Gasteiger partial charge is 0.337 e. The van der Waals surface area contributed by atoms with Crippen LogP contribution in [0.15, 0.2) is 18.2 Å². The minimum Gasteiger partial charge on any atom is -0.465 e. The van der Waals surface area contributed by atoms with Crippen LogP contribution < -0.4 is 11.1 Å². The first kappa shape index (κ1) is 12.1. The fraction of sp³-hybridized carbons (Fsp3) is 0.250. The lowest BCUT2D eigenvalue weighted by molar-refractivity contribution is -0.136. The maximum atomic E-state index is 11.6. The summed E-state index contributed by atoms with van der Waals surface area (Å²) >= 11 is 0.